The van der Waals surface area contributed by atoms with Gasteiger partial charge >= 0.3 is 11.9 Å². The lowest BCUT2D eigenvalue weighted by Gasteiger charge is -2.19. The zero-order valence-electron chi connectivity index (χ0n) is 30.1. The molecule has 8 heteroatoms. The minimum Gasteiger partial charge on any atom is -0.491 e. The van der Waals surface area contributed by atoms with E-state index < -0.39 is 24.1 Å². The Morgan fingerprint density at radius 3 is 1.71 bits per heavy atom. The average Bonchev–Trinajstić information content (AvgIpc) is 3.09. The molecule has 272 valence electrons. The van der Waals surface area contributed by atoms with Gasteiger partial charge in [0.15, 0.2) is 0 Å². The van der Waals surface area contributed by atoms with E-state index in [1.807, 2.05) is 30.3 Å². The molecule has 0 aliphatic heterocycles. The Kier molecular flexibility index (Phi) is 20.8. The first kappa shape index (κ1) is 41.6. The normalized spacial score (nSPS) is 12.8. The van der Waals surface area contributed by atoms with Gasteiger partial charge in [0, 0.05) is 11.1 Å². The van der Waals surface area contributed by atoms with Gasteiger partial charge in [-0.2, -0.15) is 0 Å². The van der Waals surface area contributed by atoms with Gasteiger partial charge < -0.3 is 29.2 Å². The number of esters is 2. The van der Waals surface area contributed by atoms with Crippen LogP contribution in [0.4, 0.5) is 0 Å². The highest BCUT2D eigenvalue weighted by Gasteiger charge is 2.14. The molecule has 0 radical (unpaired) electrons. The third-order valence-corrected chi connectivity index (χ3v) is 8.32. The van der Waals surface area contributed by atoms with Crippen LogP contribution in [0.3, 0.4) is 0 Å². The second-order valence-electron chi connectivity index (χ2n) is 13.1. The molecule has 49 heavy (non-hydrogen) atoms. The van der Waals surface area contributed by atoms with Crippen LogP contribution in [0.15, 0.2) is 72.8 Å². The molecule has 3 unspecified atom stereocenters. The molecule has 0 aliphatic carbocycles. The average molecular weight is 681 g/mol. The van der Waals surface area contributed by atoms with Crippen molar-refractivity contribution in [2.24, 2.45) is 0 Å². The number of aryl methyl sites for hydroxylation is 1. The van der Waals surface area contributed by atoms with Gasteiger partial charge in [0.25, 0.3) is 0 Å². The molecule has 3 atom stereocenters. The molecule has 0 aromatic heterocycles. The summed E-state index contributed by atoms with van der Waals surface area (Å²) in [4.78, 5) is 23.0. The van der Waals surface area contributed by atoms with Gasteiger partial charge in [-0.05, 0) is 80.8 Å². The molecule has 0 heterocycles. The fraction of sp³-hybridized carbons (Fsp3) is 0.561. The molecule has 0 spiro atoms. The molecule has 2 aromatic carbocycles. The quantitative estimate of drug-likeness (QED) is 0.0550. The van der Waals surface area contributed by atoms with Crippen molar-refractivity contribution < 1.29 is 38.7 Å². The van der Waals surface area contributed by atoms with Crippen molar-refractivity contribution in [1.82, 2.24) is 0 Å². The molecule has 0 aliphatic rings. The fourth-order valence-corrected chi connectivity index (χ4v) is 5.42. The number of benzene rings is 2. The van der Waals surface area contributed by atoms with Crippen molar-refractivity contribution >= 4 is 11.9 Å². The van der Waals surface area contributed by atoms with E-state index in [2.05, 4.69) is 38.3 Å². The summed E-state index contributed by atoms with van der Waals surface area (Å²) >= 11 is 0. The maximum absolute atomic E-state index is 11.5. The topological polar surface area (TPSA) is 112 Å². The molecule has 0 saturated carbocycles. The predicted octanol–water partition coefficient (Wildman–Crippen LogP) is 8.43. The number of carbonyl (C=O) groups is 2. The number of rotatable bonds is 27. The van der Waals surface area contributed by atoms with E-state index in [9.17, 15) is 19.8 Å². The van der Waals surface area contributed by atoms with E-state index in [1.165, 1.54) is 81.8 Å². The number of ether oxygens (including phenoxy) is 4. The van der Waals surface area contributed by atoms with Crippen molar-refractivity contribution in [1.29, 1.82) is 0 Å². The summed E-state index contributed by atoms with van der Waals surface area (Å²) in [6.07, 6.45) is 13.7. The Bertz CT molecular complexity index is 1250. The van der Waals surface area contributed by atoms with Crippen LogP contribution in [-0.4, -0.2) is 60.8 Å². The second-order valence-corrected chi connectivity index (χ2v) is 13.1. The van der Waals surface area contributed by atoms with Crippen molar-refractivity contribution in [3.05, 3.63) is 84.0 Å². The molecular formula is C41H60O8. The van der Waals surface area contributed by atoms with Gasteiger partial charge in [-0.3, -0.25) is 0 Å². The number of aliphatic hydroxyl groups excluding tert-OH is 2. The number of hydrogen-bond acceptors (Lipinski definition) is 8. The van der Waals surface area contributed by atoms with Crippen LogP contribution in [0.1, 0.15) is 115 Å². The number of carbonyl (C=O) groups excluding carboxylic acids is 2. The lowest BCUT2D eigenvalue weighted by atomic mass is 9.88. The van der Waals surface area contributed by atoms with Crippen molar-refractivity contribution in [3.63, 3.8) is 0 Å². The van der Waals surface area contributed by atoms with Crippen LogP contribution in [0, 0.1) is 0 Å². The van der Waals surface area contributed by atoms with Crippen LogP contribution in [0.5, 0.6) is 11.5 Å². The molecule has 0 fully saturated rings. The van der Waals surface area contributed by atoms with E-state index in [4.69, 9.17) is 18.9 Å². The molecule has 0 amide bonds. The Morgan fingerprint density at radius 2 is 1.16 bits per heavy atom. The summed E-state index contributed by atoms with van der Waals surface area (Å²) in [5.41, 5.74) is 3.13. The third-order valence-electron chi connectivity index (χ3n) is 8.32. The van der Waals surface area contributed by atoms with Gasteiger partial charge in [-0.1, -0.05) is 102 Å². The molecule has 8 nitrogen and oxygen atoms in total. The maximum atomic E-state index is 11.5. The Labute approximate surface area is 294 Å². The smallest absolute Gasteiger partial charge is 0.333 e. The van der Waals surface area contributed by atoms with Gasteiger partial charge in [0.05, 0.1) is 0 Å². The molecule has 2 rings (SSSR count). The van der Waals surface area contributed by atoms with Crippen LogP contribution >= 0.6 is 0 Å². The first-order valence-electron chi connectivity index (χ1n) is 18.0. The Balaban J connectivity index is 1.74. The highest BCUT2D eigenvalue weighted by Crippen LogP contribution is 2.30. The fourth-order valence-electron chi connectivity index (χ4n) is 5.42. The van der Waals surface area contributed by atoms with Crippen molar-refractivity contribution in [2.45, 2.75) is 122 Å². The first-order valence-corrected chi connectivity index (χ1v) is 18.0. The Morgan fingerprint density at radius 1 is 0.653 bits per heavy atom. The Hall–Kier alpha value is -3.62. The zero-order valence-corrected chi connectivity index (χ0v) is 30.1. The summed E-state index contributed by atoms with van der Waals surface area (Å²) in [5, 5.41) is 20.2. The van der Waals surface area contributed by atoms with Crippen LogP contribution < -0.4 is 9.47 Å². The summed E-state index contributed by atoms with van der Waals surface area (Å²) in [5.74, 6) is 0.860. The van der Waals surface area contributed by atoms with Crippen molar-refractivity contribution in [3.8, 4) is 11.5 Å². The minimum absolute atomic E-state index is 0.0450. The third kappa shape index (κ3) is 18.6. The van der Waals surface area contributed by atoms with E-state index in [0.29, 0.717) is 28.6 Å². The highest BCUT2D eigenvalue weighted by atomic mass is 16.6. The van der Waals surface area contributed by atoms with E-state index in [1.54, 1.807) is 13.8 Å². The molecule has 0 bridgehead atoms. The van der Waals surface area contributed by atoms with Crippen molar-refractivity contribution in [2.75, 3.05) is 26.4 Å². The number of hydrogen-bond donors (Lipinski definition) is 2. The standard InChI is InChI=1S/C41H60O8/c1-6-7-8-10-14-19-34(35-22-24-38(25-23-35)46-27-36(42)29-48-40(44)31(2)3)20-15-12-9-11-13-17-33-18-16-21-39(26-33)47-28-37(43)30-49-41(45)32(4)5/h16,18,21-26,34,36-37,42-43H,2,4,6-15,17,19-20,27-30H2,1,3,5H3. The highest BCUT2D eigenvalue weighted by molar-refractivity contribution is 5.87. The van der Waals surface area contributed by atoms with E-state index in [-0.39, 0.29) is 26.4 Å². The summed E-state index contributed by atoms with van der Waals surface area (Å²) in [6, 6.07) is 16.2. The van der Waals surface area contributed by atoms with Gasteiger partial charge in [0.2, 0.25) is 0 Å². The number of unbranched alkanes of at least 4 members (excludes halogenated alkanes) is 8. The van der Waals surface area contributed by atoms with Gasteiger partial charge in [-0.15, -0.1) is 0 Å². The zero-order chi connectivity index (χ0) is 35.9. The molecule has 2 aromatic rings. The largest absolute Gasteiger partial charge is 0.491 e. The summed E-state index contributed by atoms with van der Waals surface area (Å²) < 4.78 is 21.4. The molecule has 0 saturated heterocycles. The summed E-state index contributed by atoms with van der Waals surface area (Å²) in [7, 11) is 0. The second kappa shape index (κ2) is 24.5. The van der Waals surface area contributed by atoms with Crippen LogP contribution in [0.2, 0.25) is 0 Å². The monoisotopic (exact) mass is 680 g/mol. The minimum atomic E-state index is -0.907. The first-order chi connectivity index (χ1) is 23.6. The van der Waals surface area contributed by atoms with Crippen LogP contribution in [-0.2, 0) is 25.5 Å². The van der Waals surface area contributed by atoms with E-state index in [0.717, 1.165) is 12.8 Å². The lowest BCUT2D eigenvalue weighted by molar-refractivity contribution is -0.143. The summed E-state index contributed by atoms with van der Waals surface area (Å²) in [6.45, 7) is 12.3. The SMILES string of the molecule is C=C(C)C(=O)OCC(O)COc1ccc(C(CCCCCCC)CCCCCCCc2cccc(OCC(O)COC(=O)C(=C)C)c2)cc1. The van der Waals surface area contributed by atoms with Gasteiger partial charge in [-0.25, -0.2) is 9.59 Å². The predicted molar refractivity (Wildman–Crippen MR) is 195 cm³/mol. The van der Waals surface area contributed by atoms with Crippen LogP contribution in [0.25, 0.3) is 0 Å². The van der Waals surface area contributed by atoms with Gasteiger partial charge in [0.1, 0.15) is 50.1 Å². The number of aliphatic hydroxyl groups is 2. The van der Waals surface area contributed by atoms with E-state index >= 15 is 0 Å². The molecule has 2 N–H and O–H groups in total. The maximum Gasteiger partial charge on any atom is 0.333 e. The molecular weight excluding hydrogens is 620 g/mol. The lowest BCUT2D eigenvalue weighted by Crippen LogP contribution is -2.25.